The number of hydrogen-bond donors (Lipinski definition) is 1. The molecule has 1 unspecified atom stereocenters. The number of benzene rings is 1. The molecule has 9 heteroatoms. The van der Waals surface area contributed by atoms with Crippen LogP contribution < -0.4 is 5.32 Å². The number of ether oxygens (including phenoxy) is 1. The predicted molar refractivity (Wildman–Crippen MR) is 112 cm³/mol. The van der Waals surface area contributed by atoms with Gasteiger partial charge in [0.05, 0.1) is 30.4 Å². The third-order valence-corrected chi connectivity index (χ3v) is 6.86. The van der Waals surface area contributed by atoms with Crippen LogP contribution in [-0.2, 0) is 14.6 Å². The minimum atomic E-state index is -3.84. The molecular formula is C22H24N2O6S. The van der Waals surface area contributed by atoms with Crippen LogP contribution >= 0.6 is 0 Å². The summed E-state index contributed by atoms with van der Waals surface area (Å²) in [6, 6.07) is 12.6. The summed E-state index contributed by atoms with van der Waals surface area (Å²) in [5, 5.41) is 2.56. The number of sulfone groups is 1. The Bertz CT molecular complexity index is 1110. The minimum Gasteiger partial charge on any atom is -0.468 e. The second kappa shape index (κ2) is 9.09. The van der Waals surface area contributed by atoms with E-state index in [0.29, 0.717) is 13.2 Å². The number of nitrogens with one attached hydrogen (secondary N) is 1. The molecule has 1 amide bonds. The van der Waals surface area contributed by atoms with Crippen LogP contribution in [0.1, 0.15) is 27.9 Å². The number of furan rings is 2. The van der Waals surface area contributed by atoms with Crippen LogP contribution in [0.15, 0.2) is 73.6 Å². The van der Waals surface area contributed by atoms with Gasteiger partial charge in [-0.15, -0.1) is 0 Å². The number of amides is 1. The van der Waals surface area contributed by atoms with Gasteiger partial charge in [0.2, 0.25) is 14.9 Å². The Morgan fingerprint density at radius 3 is 2.52 bits per heavy atom. The van der Waals surface area contributed by atoms with Gasteiger partial charge in [0.15, 0.2) is 5.76 Å². The molecule has 0 spiro atoms. The quantitative estimate of drug-likeness (QED) is 0.598. The van der Waals surface area contributed by atoms with E-state index in [-0.39, 0.29) is 28.3 Å². The monoisotopic (exact) mass is 444 g/mol. The van der Waals surface area contributed by atoms with Crippen LogP contribution in [0.25, 0.3) is 0 Å². The highest BCUT2D eigenvalue weighted by Crippen LogP contribution is 2.24. The molecule has 2 aromatic heterocycles. The van der Waals surface area contributed by atoms with E-state index in [9.17, 15) is 13.2 Å². The molecule has 8 nitrogen and oxygen atoms in total. The highest BCUT2D eigenvalue weighted by molar-refractivity contribution is 7.91. The van der Waals surface area contributed by atoms with Gasteiger partial charge in [0.25, 0.3) is 5.91 Å². The molecule has 1 saturated heterocycles. The molecule has 1 aliphatic rings. The van der Waals surface area contributed by atoms with Crippen molar-refractivity contribution in [3.63, 3.8) is 0 Å². The maximum Gasteiger partial charge on any atom is 0.287 e. The third-order valence-electron chi connectivity index (χ3n) is 5.22. The molecule has 1 aliphatic heterocycles. The van der Waals surface area contributed by atoms with Crippen molar-refractivity contribution in [2.24, 2.45) is 0 Å². The number of aryl methyl sites for hydroxylation is 1. The highest BCUT2D eigenvalue weighted by Gasteiger charge is 2.27. The average Bonchev–Trinajstić information content (AvgIpc) is 3.48. The summed E-state index contributed by atoms with van der Waals surface area (Å²) in [4.78, 5) is 14.9. The van der Waals surface area contributed by atoms with Gasteiger partial charge in [-0.1, -0.05) is 17.7 Å². The van der Waals surface area contributed by atoms with Gasteiger partial charge in [-0.3, -0.25) is 9.69 Å². The molecule has 1 atom stereocenters. The molecule has 164 valence electrons. The summed E-state index contributed by atoms with van der Waals surface area (Å²) in [6.45, 7) is 4.83. The molecule has 3 heterocycles. The van der Waals surface area contributed by atoms with E-state index in [4.69, 9.17) is 13.6 Å². The maximum atomic E-state index is 12.8. The van der Waals surface area contributed by atoms with E-state index < -0.39 is 15.7 Å². The predicted octanol–water partition coefficient (Wildman–Crippen LogP) is 2.82. The first-order chi connectivity index (χ1) is 14.9. The molecule has 1 fully saturated rings. The van der Waals surface area contributed by atoms with Gasteiger partial charge in [0.1, 0.15) is 5.76 Å². The van der Waals surface area contributed by atoms with Crippen LogP contribution in [-0.4, -0.2) is 52.1 Å². The Kier molecular flexibility index (Phi) is 6.26. The molecule has 4 rings (SSSR count). The zero-order valence-corrected chi connectivity index (χ0v) is 17.9. The number of carbonyl (C=O) groups is 1. The number of nitrogens with zero attached hydrogens (tertiary/aromatic N) is 1. The van der Waals surface area contributed by atoms with Crippen LogP contribution in [0.2, 0.25) is 0 Å². The highest BCUT2D eigenvalue weighted by atomic mass is 32.2. The van der Waals surface area contributed by atoms with Gasteiger partial charge >= 0.3 is 0 Å². The Labute approximate surface area is 180 Å². The van der Waals surface area contributed by atoms with Crippen molar-refractivity contribution in [3.8, 4) is 0 Å². The van der Waals surface area contributed by atoms with Crippen molar-refractivity contribution in [2.75, 3.05) is 32.8 Å². The van der Waals surface area contributed by atoms with Crippen LogP contribution in [0.5, 0.6) is 0 Å². The first kappa shape index (κ1) is 21.4. The normalized spacial score (nSPS) is 16.2. The number of morpholine rings is 1. The molecular weight excluding hydrogens is 420 g/mol. The zero-order chi connectivity index (χ0) is 21.8. The van der Waals surface area contributed by atoms with E-state index in [0.717, 1.165) is 24.4 Å². The van der Waals surface area contributed by atoms with E-state index >= 15 is 0 Å². The Balaban J connectivity index is 1.46. The van der Waals surface area contributed by atoms with Crippen LogP contribution in [0, 0.1) is 6.92 Å². The van der Waals surface area contributed by atoms with Crippen molar-refractivity contribution in [1.29, 1.82) is 0 Å². The lowest BCUT2D eigenvalue weighted by molar-refractivity contribution is 0.0117. The van der Waals surface area contributed by atoms with Gasteiger partial charge in [-0.05, 0) is 43.3 Å². The Morgan fingerprint density at radius 2 is 1.84 bits per heavy atom. The fraction of sp³-hybridized carbons (Fsp3) is 0.318. The number of hydrogen-bond acceptors (Lipinski definition) is 7. The molecule has 0 bridgehead atoms. The standard InChI is InChI=1S/C22H24N2O6S/c1-16-4-6-17(7-5-16)31(26,27)21-9-8-20(30-21)22(25)23-15-18(19-3-2-12-29-19)24-10-13-28-14-11-24/h2-9,12,18H,10-11,13-15H2,1H3,(H,23,25). The largest absolute Gasteiger partial charge is 0.468 e. The topological polar surface area (TPSA) is 102 Å². The SMILES string of the molecule is Cc1ccc(S(=O)(=O)c2ccc(C(=O)NCC(c3ccco3)N3CCOCC3)o2)cc1. The third kappa shape index (κ3) is 4.73. The van der Waals surface area contributed by atoms with Crippen molar-refractivity contribution in [1.82, 2.24) is 10.2 Å². The zero-order valence-electron chi connectivity index (χ0n) is 17.1. The van der Waals surface area contributed by atoms with Crippen LogP contribution in [0.3, 0.4) is 0 Å². The molecule has 1 N–H and O–H groups in total. The fourth-order valence-electron chi connectivity index (χ4n) is 3.48. The summed E-state index contributed by atoms with van der Waals surface area (Å²) < 4.78 is 41.9. The van der Waals surface area contributed by atoms with Crippen LogP contribution in [0.4, 0.5) is 0 Å². The molecule has 31 heavy (non-hydrogen) atoms. The second-order valence-electron chi connectivity index (χ2n) is 7.32. The first-order valence-corrected chi connectivity index (χ1v) is 11.5. The van der Waals surface area contributed by atoms with Gasteiger partial charge in [-0.25, -0.2) is 8.42 Å². The first-order valence-electron chi connectivity index (χ1n) is 10.00. The lowest BCUT2D eigenvalue weighted by Gasteiger charge is -2.33. The lowest BCUT2D eigenvalue weighted by Crippen LogP contribution is -2.43. The van der Waals surface area contributed by atoms with Crippen molar-refractivity contribution in [3.05, 3.63) is 71.9 Å². The number of rotatable bonds is 7. The van der Waals surface area contributed by atoms with Crippen molar-refractivity contribution in [2.45, 2.75) is 23.0 Å². The van der Waals surface area contributed by atoms with Gasteiger partial charge in [0, 0.05) is 19.6 Å². The van der Waals surface area contributed by atoms with E-state index in [1.54, 1.807) is 24.5 Å². The maximum absolute atomic E-state index is 12.8. The fourth-order valence-corrected chi connectivity index (χ4v) is 4.65. The summed E-state index contributed by atoms with van der Waals surface area (Å²) in [6.07, 6.45) is 1.60. The lowest BCUT2D eigenvalue weighted by atomic mass is 10.1. The van der Waals surface area contributed by atoms with E-state index in [1.165, 1.54) is 24.3 Å². The van der Waals surface area contributed by atoms with Crippen molar-refractivity contribution < 1.29 is 26.8 Å². The Morgan fingerprint density at radius 1 is 1.10 bits per heavy atom. The van der Waals surface area contributed by atoms with E-state index in [1.807, 2.05) is 13.0 Å². The van der Waals surface area contributed by atoms with Crippen molar-refractivity contribution >= 4 is 15.7 Å². The minimum absolute atomic E-state index is 0.0640. The molecule has 1 aromatic carbocycles. The summed E-state index contributed by atoms with van der Waals surface area (Å²) in [5.74, 6) is 0.185. The summed E-state index contributed by atoms with van der Waals surface area (Å²) >= 11 is 0. The molecule has 0 saturated carbocycles. The molecule has 3 aromatic rings. The smallest absolute Gasteiger partial charge is 0.287 e. The summed E-state index contributed by atoms with van der Waals surface area (Å²) in [7, 11) is -3.84. The molecule has 0 radical (unpaired) electrons. The summed E-state index contributed by atoms with van der Waals surface area (Å²) in [5.41, 5.74) is 0.949. The second-order valence-corrected chi connectivity index (χ2v) is 9.21. The van der Waals surface area contributed by atoms with E-state index in [2.05, 4.69) is 10.2 Å². The van der Waals surface area contributed by atoms with Gasteiger partial charge < -0.3 is 18.9 Å². The average molecular weight is 445 g/mol. The molecule has 0 aliphatic carbocycles. The van der Waals surface area contributed by atoms with Gasteiger partial charge in [-0.2, -0.15) is 0 Å². The number of carbonyl (C=O) groups excluding carboxylic acids is 1. The Hall–Kier alpha value is -2.88.